The van der Waals surface area contributed by atoms with Crippen molar-refractivity contribution in [2.75, 3.05) is 16.3 Å². The van der Waals surface area contributed by atoms with Crippen LogP contribution >= 0.6 is 0 Å². The minimum Gasteiger partial charge on any atom is -0.265 e. The van der Waals surface area contributed by atoms with Crippen molar-refractivity contribution in [3.63, 3.8) is 0 Å². The predicted molar refractivity (Wildman–Crippen MR) is 95.4 cm³/mol. The lowest BCUT2D eigenvalue weighted by molar-refractivity contribution is -0.111. The van der Waals surface area contributed by atoms with Crippen molar-refractivity contribution >= 4 is 29.1 Å². The molecule has 2 aromatic rings. The van der Waals surface area contributed by atoms with Crippen LogP contribution in [0.15, 0.2) is 65.7 Å². The number of imide groups is 1. The first-order valence-corrected chi connectivity index (χ1v) is 7.92. The van der Waals surface area contributed by atoms with E-state index in [4.69, 9.17) is 0 Å². The highest BCUT2D eigenvalue weighted by Gasteiger charge is 2.44. The molecule has 2 aromatic carbocycles. The monoisotopic (exact) mass is 321 g/mol. The molecule has 1 heterocycles. The smallest absolute Gasteiger partial charge is 0.265 e. The molecule has 0 N–H and O–H groups in total. The summed E-state index contributed by atoms with van der Waals surface area (Å²) in [5.41, 5.74) is 1.18. The lowest BCUT2D eigenvalue weighted by Gasteiger charge is -2.16. The van der Waals surface area contributed by atoms with Crippen LogP contribution in [0.1, 0.15) is 13.8 Å². The number of aliphatic imine (C=N–C) groups is 1. The molecule has 0 spiro atoms. The van der Waals surface area contributed by atoms with Crippen LogP contribution in [0.2, 0.25) is 0 Å². The van der Waals surface area contributed by atoms with E-state index >= 15 is 0 Å². The largest absolute Gasteiger partial charge is 0.342 e. The zero-order valence-electron chi connectivity index (χ0n) is 13.7. The van der Waals surface area contributed by atoms with Crippen molar-refractivity contribution in [2.24, 2.45) is 10.9 Å². The van der Waals surface area contributed by atoms with Gasteiger partial charge in [0.15, 0.2) is 0 Å². The third-order valence-electron chi connectivity index (χ3n) is 3.62. The second-order valence-electron chi connectivity index (χ2n) is 5.99. The summed E-state index contributed by atoms with van der Waals surface area (Å²) in [6, 6.07) is 17.6. The Bertz CT molecular complexity index is 770. The number of hydrogen-bond acceptors (Lipinski definition) is 3. The molecule has 5 heteroatoms. The summed E-state index contributed by atoms with van der Waals surface area (Å²) >= 11 is 0. The van der Waals surface area contributed by atoms with E-state index in [0.29, 0.717) is 23.8 Å². The second kappa shape index (κ2) is 6.66. The summed E-state index contributed by atoms with van der Waals surface area (Å²) in [5, 5.41) is 0. The van der Waals surface area contributed by atoms with Gasteiger partial charge in [-0.05, 0) is 30.2 Å². The van der Waals surface area contributed by atoms with Gasteiger partial charge in [0.05, 0.1) is 11.4 Å². The minimum absolute atomic E-state index is 0.170. The van der Waals surface area contributed by atoms with Crippen molar-refractivity contribution in [2.45, 2.75) is 13.8 Å². The van der Waals surface area contributed by atoms with Gasteiger partial charge in [-0.2, -0.15) is 0 Å². The topological polar surface area (TPSA) is 53.0 Å². The number of nitrogens with zero attached hydrogens (tertiary/aromatic N) is 3. The normalized spacial score (nSPS) is 16.5. The maximum Gasteiger partial charge on any atom is 0.342 e. The second-order valence-corrected chi connectivity index (χ2v) is 5.99. The fraction of sp³-hybridized carbons (Fsp3) is 0.211. The molecular weight excluding hydrogens is 302 g/mol. The molecular formula is C19H19N3O2. The van der Waals surface area contributed by atoms with E-state index < -0.39 is 11.9 Å². The van der Waals surface area contributed by atoms with Crippen molar-refractivity contribution < 1.29 is 9.59 Å². The molecule has 5 nitrogen and oxygen atoms in total. The van der Waals surface area contributed by atoms with Gasteiger partial charge in [0.2, 0.25) is 5.84 Å². The van der Waals surface area contributed by atoms with Crippen molar-refractivity contribution in [1.82, 2.24) is 0 Å². The summed E-state index contributed by atoms with van der Waals surface area (Å²) in [6.45, 7) is 4.53. The maximum atomic E-state index is 12.9. The lowest BCUT2D eigenvalue weighted by atomic mass is 10.2. The molecule has 0 bridgehead atoms. The zero-order valence-corrected chi connectivity index (χ0v) is 13.7. The number of para-hydroxylation sites is 2. The Morgan fingerprint density at radius 1 is 0.833 bits per heavy atom. The molecule has 24 heavy (non-hydrogen) atoms. The van der Waals surface area contributed by atoms with Gasteiger partial charge in [0.1, 0.15) is 0 Å². The van der Waals surface area contributed by atoms with Crippen molar-refractivity contribution in [1.29, 1.82) is 0 Å². The summed E-state index contributed by atoms with van der Waals surface area (Å²) in [6.07, 6.45) is 0. The molecule has 1 aliphatic rings. The number of amides is 3. The number of anilines is 2. The Labute approximate surface area is 141 Å². The standard InChI is InChI=1S/C19H19N3O2/c1-14(2)13-20-17-18(23)22(16-11-7-4-8-12-16)19(24)21(17)15-9-5-3-6-10-15/h3-12,14H,13H2,1-2H3. The van der Waals surface area contributed by atoms with Gasteiger partial charge in [-0.25, -0.2) is 14.6 Å². The van der Waals surface area contributed by atoms with Crippen molar-refractivity contribution in [3.05, 3.63) is 60.7 Å². The fourth-order valence-electron chi connectivity index (χ4n) is 2.50. The molecule has 0 radical (unpaired) electrons. The first-order chi connectivity index (χ1) is 11.6. The third-order valence-corrected chi connectivity index (χ3v) is 3.62. The lowest BCUT2D eigenvalue weighted by Crippen LogP contribution is -2.33. The predicted octanol–water partition coefficient (Wildman–Crippen LogP) is 3.71. The van der Waals surface area contributed by atoms with Gasteiger partial charge in [-0.1, -0.05) is 50.2 Å². The van der Waals surface area contributed by atoms with Crippen molar-refractivity contribution in [3.8, 4) is 0 Å². The van der Waals surface area contributed by atoms with Crippen LogP contribution < -0.4 is 9.80 Å². The number of carbonyl (C=O) groups is 2. The number of rotatable bonds is 4. The molecule has 1 fully saturated rings. The summed E-state index contributed by atoms with van der Waals surface area (Å²) in [5.74, 6) is 0.0725. The Morgan fingerprint density at radius 3 is 1.83 bits per heavy atom. The van der Waals surface area contributed by atoms with Crippen LogP contribution in [0.25, 0.3) is 0 Å². The first-order valence-electron chi connectivity index (χ1n) is 7.92. The Hall–Kier alpha value is -2.95. The minimum atomic E-state index is -0.403. The van der Waals surface area contributed by atoms with E-state index in [0.717, 1.165) is 0 Å². The molecule has 3 amide bonds. The summed E-state index contributed by atoms with van der Waals surface area (Å²) < 4.78 is 0. The van der Waals surface area contributed by atoms with E-state index in [2.05, 4.69) is 4.99 Å². The van der Waals surface area contributed by atoms with Crippen LogP contribution in [-0.4, -0.2) is 24.3 Å². The van der Waals surface area contributed by atoms with Gasteiger partial charge in [-0.3, -0.25) is 9.79 Å². The quantitative estimate of drug-likeness (QED) is 0.806. The van der Waals surface area contributed by atoms with E-state index in [1.807, 2.05) is 38.1 Å². The van der Waals surface area contributed by atoms with Gasteiger partial charge in [-0.15, -0.1) is 0 Å². The molecule has 1 saturated heterocycles. The summed E-state index contributed by atoms with van der Waals surface area (Å²) in [7, 11) is 0. The van der Waals surface area contributed by atoms with Crippen LogP contribution in [0.4, 0.5) is 16.2 Å². The molecule has 3 rings (SSSR count). The number of carbonyl (C=O) groups excluding carboxylic acids is 2. The third kappa shape index (κ3) is 2.93. The summed E-state index contributed by atoms with van der Waals surface area (Å²) in [4.78, 5) is 32.7. The Balaban J connectivity index is 2.06. The molecule has 0 unspecified atom stereocenters. The number of hydrogen-bond donors (Lipinski definition) is 0. The van der Waals surface area contributed by atoms with E-state index in [1.165, 1.54) is 9.80 Å². The zero-order chi connectivity index (χ0) is 17.1. The van der Waals surface area contributed by atoms with Crippen LogP contribution in [0, 0.1) is 5.92 Å². The maximum absolute atomic E-state index is 12.9. The molecule has 0 aromatic heterocycles. The molecule has 0 saturated carbocycles. The molecule has 0 aliphatic carbocycles. The van der Waals surface area contributed by atoms with Gasteiger partial charge < -0.3 is 0 Å². The number of urea groups is 1. The van der Waals surface area contributed by atoms with Crippen LogP contribution in [0.5, 0.6) is 0 Å². The number of amidine groups is 1. The average Bonchev–Trinajstić information content (AvgIpc) is 2.84. The molecule has 122 valence electrons. The van der Waals surface area contributed by atoms with Gasteiger partial charge >= 0.3 is 11.9 Å². The average molecular weight is 321 g/mol. The van der Waals surface area contributed by atoms with E-state index in [-0.39, 0.29) is 5.84 Å². The Morgan fingerprint density at radius 2 is 1.33 bits per heavy atom. The van der Waals surface area contributed by atoms with Crippen LogP contribution in [0.3, 0.4) is 0 Å². The first kappa shape index (κ1) is 15.9. The highest BCUT2D eigenvalue weighted by molar-refractivity contribution is 6.61. The van der Waals surface area contributed by atoms with Gasteiger partial charge in [0, 0.05) is 6.54 Å². The fourth-order valence-corrected chi connectivity index (χ4v) is 2.50. The molecule has 0 atom stereocenters. The van der Waals surface area contributed by atoms with E-state index in [9.17, 15) is 9.59 Å². The highest BCUT2D eigenvalue weighted by atomic mass is 16.2. The van der Waals surface area contributed by atoms with Gasteiger partial charge in [0.25, 0.3) is 0 Å². The van der Waals surface area contributed by atoms with Crippen LogP contribution in [-0.2, 0) is 4.79 Å². The SMILES string of the molecule is CC(C)CN=C1C(=O)N(c2ccccc2)C(=O)N1c1ccccc1. The Kier molecular flexibility index (Phi) is 4.42. The highest BCUT2D eigenvalue weighted by Crippen LogP contribution is 2.27. The number of benzene rings is 2. The van der Waals surface area contributed by atoms with E-state index in [1.54, 1.807) is 36.4 Å². The molecule has 1 aliphatic heterocycles.